The zero-order valence-electron chi connectivity index (χ0n) is 19.3. The van der Waals surface area contributed by atoms with Gasteiger partial charge in [-0.05, 0) is 50.0 Å². The molecule has 33 heavy (non-hydrogen) atoms. The second kappa shape index (κ2) is 9.02. The van der Waals surface area contributed by atoms with Crippen LogP contribution in [0.25, 0.3) is 10.9 Å². The van der Waals surface area contributed by atoms with Gasteiger partial charge in [-0.25, -0.2) is 0 Å². The van der Waals surface area contributed by atoms with Crippen LogP contribution < -0.4 is 10.6 Å². The van der Waals surface area contributed by atoms with E-state index in [4.69, 9.17) is 0 Å². The first-order valence-electron chi connectivity index (χ1n) is 12.0. The van der Waals surface area contributed by atoms with Gasteiger partial charge >= 0.3 is 0 Å². The third-order valence-electron chi connectivity index (χ3n) is 7.14. The van der Waals surface area contributed by atoms with Crippen LogP contribution in [-0.2, 0) is 11.2 Å². The van der Waals surface area contributed by atoms with Crippen LogP contribution in [0.15, 0.2) is 65.2 Å². The van der Waals surface area contributed by atoms with Gasteiger partial charge in [0.15, 0.2) is 5.78 Å². The molecular weight excluding hydrogens is 412 g/mol. The number of ketones is 1. The number of aromatic nitrogens is 1. The van der Waals surface area contributed by atoms with Gasteiger partial charge in [0.05, 0.1) is 23.4 Å². The molecule has 2 aromatic rings. The van der Waals surface area contributed by atoms with Gasteiger partial charge in [-0.1, -0.05) is 25.1 Å². The number of benzene rings is 1. The van der Waals surface area contributed by atoms with E-state index in [1.54, 1.807) is 13.1 Å². The molecule has 0 bridgehead atoms. The Morgan fingerprint density at radius 2 is 2.18 bits per heavy atom. The van der Waals surface area contributed by atoms with E-state index in [1.807, 2.05) is 12.1 Å². The molecule has 2 heterocycles. The number of Topliss-reactive ketones (excluding diaryl/α,β-unsaturated/α-hetero) is 1. The van der Waals surface area contributed by atoms with E-state index < -0.39 is 6.10 Å². The highest BCUT2D eigenvalue weighted by molar-refractivity contribution is 6.42. The highest BCUT2D eigenvalue weighted by atomic mass is 16.3. The molecule has 1 aromatic carbocycles. The predicted octanol–water partition coefficient (Wildman–Crippen LogP) is 4.07. The molecule has 6 nitrogen and oxygen atoms in total. The number of nitrogens with zero attached hydrogens (tertiary/aromatic N) is 1. The molecule has 0 amide bonds. The molecule has 4 unspecified atom stereocenters. The number of carbonyl (C=O) groups is 1. The lowest BCUT2D eigenvalue weighted by atomic mass is 9.91. The summed E-state index contributed by atoms with van der Waals surface area (Å²) in [6.07, 6.45) is 13.1. The Bertz CT molecular complexity index is 1180. The van der Waals surface area contributed by atoms with Gasteiger partial charge < -0.3 is 20.7 Å². The van der Waals surface area contributed by atoms with Crippen LogP contribution in [-0.4, -0.2) is 34.2 Å². The minimum atomic E-state index is -0.488. The van der Waals surface area contributed by atoms with Crippen molar-refractivity contribution < 1.29 is 9.90 Å². The van der Waals surface area contributed by atoms with Gasteiger partial charge in [0, 0.05) is 59.5 Å². The van der Waals surface area contributed by atoms with Crippen LogP contribution in [0.5, 0.6) is 0 Å². The first-order valence-corrected chi connectivity index (χ1v) is 12.0. The summed E-state index contributed by atoms with van der Waals surface area (Å²) in [5.74, 6) is 0.798. The average Bonchev–Trinajstić information content (AvgIpc) is 3.39. The summed E-state index contributed by atoms with van der Waals surface area (Å²) < 4.78 is 0. The van der Waals surface area contributed by atoms with Gasteiger partial charge in [0.1, 0.15) is 0 Å². The molecule has 0 saturated heterocycles. The zero-order chi connectivity index (χ0) is 22.9. The molecular formula is C27H32N4O2. The maximum Gasteiger partial charge on any atom is 0.177 e. The lowest BCUT2D eigenvalue weighted by molar-refractivity contribution is -0.112. The molecule has 4 N–H and O–H groups in total. The molecule has 1 aromatic heterocycles. The fourth-order valence-corrected chi connectivity index (χ4v) is 5.32. The number of fused-ring (bicyclic) bond motifs is 2. The fraction of sp³-hybridized carbons (Fsp3) is 0.407. The van der Waals surface area contributed by atoms with E-state index in [0.717, 1.165) is 42.6 Å². The molecule has 1 aliphatic heterocycles. The van der Waals surface area contributed by atoms with Gasteiger partial charge in [0.2, 0.25) is 0 Å². The van der Waals surface area contributed by atoms with E-state index in [9.17, 15) is 9.90 Å². The van der Waals surface area contributed by atoms with Crippen LogP contribution in [0.3, 0.4) is 0 Å². The number of aliphatic imine (C=N–C) groups is 1. The molecule has 172 valence electrons. The van der Waals surface area contributed by atoms with Crippen molar-refractivity contribution >= 4 is 22.4 Å². The number of aromatic amines is 1. The van der Waals surface area contributed by atoms with Crippen molar-refractivity contribution in [2.24, 2.45) is 16.8 Å². The van der Waals surface area contributed by atoms with Crippen LogP contribution in [0.1, 0.15) is 50.3 Å². The van der Waals surface area contributed by atoms with Crippen molar-refractivity contribution in [3.63, 3.8) is 0 Å². The zero-order valence-corrected chi connectivity index (χ0v) is 19.3. The summed E-state index contributed by atoms with van der Waals surface area (Å²) in [5.41, 5.74) is 6.44. The van der Waals surface area contributed by atoms with Crippen LogP contribution in [0.4, 0.5) is 0 Å². The number of hydrogen-bond donors (Lipinski definition) is 4. The average molecular weight is 445 g/mol. The van der Waals surface area contributed by atoms with Crippen molar-refractivity contribution in [1.82, 2.24) is 15.6 Å². The van der Waals surface area contributed by atoms with E-state index in [2.05, 4.69) is 58.0 Å². The van der Waals surface area contributed by atoms with Crippen LogP contribution in [0, 0.1) is 11.8 Å². The SMILES string of the molecule is CC1CC(NC2C=CN=C3C(=O)CCC32)=CC=C1NCCc1c[nH]c2c(C(C)O)cccc12. The summed E-state index contributed by atoms with van der Waals surface area (Å²) in [7, 11) is 0. The number of H-pyrrole nitrogens is 1. The molecule has 1 saturated carbocycles. The minimum absolute atomic E-state index is 0.152. The summed E-state index contributed by atoms with van der Waals surface area (Å²) in [4.78, 5) is 19.7. The highest BCUT2D eigenvalue weighted by Crippen LogP contribution is 2.30. The third-order valence-corrected chi connectivity index (χ3v) is 7.14. The van der Waals surface area contributed by atoms with E-state index in [0.29, 0.717) is 12.3 Å². The first kappa shape index (κ1) is 21.7. The summed E-state index contributed by atoms with van der Waals surface area (Å²) >= 11 is 0. The second-order valence-electron chi connectivity index (χ2n) is 9.45. The summed E-state index contributed by atoms with van der Waals surface area (Å²) in [6, 6.07) is 6.25. The lowest BCUT2D eigenvalue weighted by Gasteiger charge is -2.29. The Kier molecular flexibility index (Phi) is 5.94. The maximum absolute atomic E-state index is 12.0. The molecule has 5 rings (SSSR count). The Morgan fingerprint density at radius 3 is 3.00 bits per heavy atom. The monoisotopic (exact) mass is 444 g/mol. The molecule has 4 atom stereocenters. The largest absolute Gasteiger partial charge is 0.389 e. The van der Waals surface area contributed by atoms with Crippen molar-refractivity contribution in [3.8, 4) is 0 Å². The first-order chi connectivity index (χ1) is 16.0. The van der Waals surface area contributed by atoms with Gasteiger partial charge in [0.25, 0.3) is 0 Å². The van der Waals surface area contributed by atoms with Gasteiger partial charge in [-0.3, -0.25) is 9.79 Å². The lowest BCUT2D eigenvalue weighted by Crippen LogP contribution is -2.39. The molecule has 2 aliphatic carbocycles. The van der Waals surface area contributed by atoms with Crippen molar-refractivity contribution in [2.75, 3.05) is 6.54 Å². The maximum atomic E-state index is 12.0. The quantitative estimate of drug-likeness (QED) is 0.518. The summed E-state index contributed by atoms with van der Waals surface area (Å²) in [6.45, 7) is 4.90. The van der Waals surface area contributed by atoms with Crippen molar-refractivity contribution in [1.29, 1.82) is 0 Å². The van der Waals surface area contributed by atoms with Crippen molar-refractivity contribution in [3.05, 3.63) is 71.3 Å². The molecule has 1 fully saturated rings. The number of aliphatic hydroxyl groups is 1. The number of nitrogens with one attached hydrogen (secondary N) is 3. The standard InChI is InChI=1S/C27H32N4O2/c1-16-14-19(31-24-11-13-29-27-22(24)7-9-25(27)33)6-8-23(16)28-12-10-18-15-30-26-20(17(2)32)4-3-5-21(18)26/h3-6,8,11,13,15-17,22,24,28,30-32H,7,9-10,12,14H2,1-2H3. The number of allylic oxidation sites excluding steroid dienone is 4. The van der Waals surface area contributed by atoms with Crippen molar-refractivity contribution in [2.45, 2.75) is 51.7 Å². The number of carbonyl (C=O) groups excluding carboxylic acids is 1. The fourth-order valence-electron chi connectivity index (χ4n) is 5.32. The Morgan fingerprint density at radius 1 is 1.30 bits per heavy atom. The van der Waals surface area contributed by atoms with Gasteiger partial charge in [-0.2, -0.15) is 0 Å². The topological polar surface area (TPSA) is 89.5 Å². The van der Waals surface area contributed by atoms with E-state index >= 15 is 0 Å². The minimum Gasteiger partial charge on any atom is -0.389 e. The molecule has 3 aliphatic rings. The normalized spacial score (nSPS) is 25.4. The van der Waals surface area contributed by atoms with E-state index in [-0.39, 0.29) is 17.7 Å². The Hall–Kier alpha value is -3.12. The summed E-state index contributed by atoms with van der Waals surface area (Å²) in [5, 5.41) is 18.5. The smallest absolute Gasteiger partial charge is 0.177 e. The second-order valence-corrected chi connectivity index (χ2v) is 9.45. The number of hydrogen-bond acceptors (Lipinski definition) is 5. The number of rotatable bonds is 7. The van der Waals surface area contributed by atoms with Crippen LogP contribution in [0.2, 0.25) is 0 Å². The number of aliphatic hydroxyl groups excluding tert-OH is 1. The van der Waals surface area contributed by atoms with Crippen LogP contribution >= 0.6 is 0 Å². The Labute approximate surface area is 194 Å². The molecule has 0 spiro atoms. The number of para-hydroxylation sites is 1. The third kappa shape index (κ3) is 4.27. The molecule has 0 radical (unpaired) electrons. The van der Waals surface area contributed by atoms with Gasteiger partial charge in [-0.15, -0.1) is 0 Å². The predicted molar refractivity (Wildman–Crippen MR) is 132 cm³/mol. The molecule has 6 heteroatoms. The Balaban J connectivity index is 1.20. The highest BCUT2D eigenvalue weighted by Gasteiger charge is 2.36. The van der Waals surface area contributed by atoms with E-state index in [1.165, 1.54) is 22.3 Å².